The highest BCUT2D eigenvalue weighted by Crippen LogP contribution is 2.20. The minimum Gasteiger partial charge on any atom is -0.326 e. The molecule has 1 aliphatic rings. The summed E-state index contributed by atoms with van der Waals surface area (Å²) in [5.74, 6) is -0.802. The van der Waals surface area contributed by atoms with Gasteiger partial charge in [-0.15, -0.1) is 0 Å². The van der Waals surface area contributed by atoms with E-state index in [2.05, 4.69) is 5.32 Å². The van der Waals surface area contributed by atoms with Gasteiger partial charge >= 0.3 is 6.03 Å². The van der Waals surface area contributed by atoms with Gasteiger partial charge in [-0.2, -0.15) is 0 Å². The average Bonchev–Trinajstić information content (AvgIpc) is 2.56. The molecule has 1 atom stereocenters. The van der Waals surface area contributed by atoms with Crippen molar-refractivity contribution >= 4 is 17.6 Å². The number of hydrogen-bond acceptors (Lipinski definition) is 2. The Hall–Kier alpha value is -2.11. The van der Waals surface area contributed by atoms with Gasteiger partial charge in [0, 0.05) is 31.9 Å². The summed E-state index contributed by atoms with van der Waals surface area (Å²) in [5.41, 5.74) is 0.446. The van der Waals surface area contributed by atoms with Crippen molar-refractivity contribution < 1.29 is 14.0 Å². The number of carbonyl (C=O) groups is 2. The van der Waals surface area contributed by atoms with Gasteiger partial charge in [0.25, 0.3) is 0 Å². The minimum atomic E-state index is -0.384. The molecular weight excluding hydrogens is 297 g/mol. The zero-order valence-corrected chi connectivity index (χ0v) is 13.7. The van der Waals surface area contributed by atoms with Crippen LogP contribution in [0, 0.1) is 11.7 Å². The monoisotopic (exact) mass is 321 g/mol. The number of carbonyl (C=O) groups excluding carboxylic acids is 2. The number of piperidine rings is 1. The molecule has 0 aliphatic carbocycles. The van der Waals surface area contributed by atoms with Gasteiger partial charge in [0.05, 0.1) is 5.92 Å². The second-order valence-electron chi connectivity index (χ2n) is 5.74. The quantitative estimate of drug-likeness (QED) is 0.927. The SMILES string of the molecule is CCN(CC)C(=O)N1CCCC(C(=O)Nc2cccc(F)c2)C1. The summed E-state index contributed by atoms with van der Waals surface area (Å²) in [5, 5.41) is 2.74. The fourth-order valence-electron chi connectivity index (χ4n) is 2.87. The van der Waals surface area contributed by atoms with Gasteiger partial charge in [-0.3, -0.25) is 4.79 Å². The summed E-state index contributed by atoms with van der Waals surface area (Å²) >= 11 is 0. The Balaban J connectivity index is 1.97. The van der Waals surface area contributed by atoms with E-state index < -0.39 is 0 Å². The third-order valence-corrected chi connectivity index (χ3v) is 4.19. The van der Waals surface area contributed by atoms with E-state index in [-0.39, 0.29) is 23.7 Å². The Kier molecular flexibility index (Phi) is 5.96. The van der Waals surface area contributed by atoms with E-state index in [1.165, 1.54) is 12.1 Å². The molecule has 0 bridgehead atoms. The van der Waals surface area contributed by atoms with Crippen molar-refractivity contribution in [2.45, 2.75) is 26.7 Å². The molecule has 1 saturated heterocycles. The van der Waals surface area contributed by atoms with Crippen LogP contribution in [-0.4, -0.2) is 47.9 Å². The highest BCUT2D eigenvalue weighted by molar-refractivity contribution is 5.93. The number of likely N-dealkylation sites (tertiary alicyclic amines) is 1. The molecule has 1 aromatic carbocycles. The van der Waals surface area contributed by atoms with Crippen LogP contribution in [0.5, 0.6) is 0 Å². The number of nitrogens with one attached hydrogen (secondary N) is 1. The van der Waals surface area contributed by atoms with Gasteiger partial charge in [0.1, 0.15) is 5.82 Å². The van der Waals surface area contributed by atoms with Crippen LogP contribution in [0.1, 0.15) is 26.7 Å². The van der Waals surface area contributed by atoms with E-state index in [4.69, 9.17) is 0 Å². The summed E-state index contributed by atoms with van der Waals surface area (Å²) in [6.45, 7) is 6.30. The predicted molar refractivity (Wildman–Crippen MR) is 87.6 cm³/mol. The molecule has 5 nitrogen and oxygen atoms in total. The van der Waals surface area contributed by atoms with Crippen LogP contribution in [0.15, 0.2) is 24.3 Å². The molecule has 1 aromatic rings. The molecule has 0 aromatic heterocycles. The smallest absolute Gasteiger partial charge is 0.320 e. The summed E-state index contributed by atoms with van der Waals surface area (Å²) < 4.78 is 13.2. The minimum absolute atomic E-state index is 0.0155. The van der Waals surface area contributed by atoms with Gasteiger partial charge in [-0.25, -0.2) is 9.18 Å². The van der Waals surface area contributed by atoms with Crippen molar-refractivity contribution in [3.05, 3.63) is 30.1 Å². The first-order valence-electron chi connectivity index (χ1n) is 8.15. The molecule has 2 rings (SSSR count). The normalized spacial score (nSPS) is 17.7. The van der Waals surface area contributed by atoms with Gasteiger partial charge in [-0.05, 0) is 44.9 Å². The molecule has 1 aliphatic heterocycles. The Morgan fingerprint density at radius 1 is 1.35 bits per heavy atom. The van der Waals surface area contributed by atoms with Crippen LogP contribution in [0.4, 0.5) is 14.9 Å². The molecule has 126 valence electrons. The van der Waals surface area contributed by atoms with Gasteiger partial charge in [0.2, 0.25) is 5.91 Å². The fraction of sp³-hybridized carbons (Fsp3) is 0.529. The first-order valence-corrected chi connectivity index (χ1v) is 8.15. The number of amides is 3. The van der Waals surface area contributed by atoms with Gasteiger partial charge < -0.3 is 15.1 Å². The van der Waals surface area contributed by atoms with Crippen LogP contribution in [0.2, 0.25) is 0 Å². The summed E-state index contributed by atoms with van der Waals surface area (Å²) in [6, 6.07) is 5.82. The molecule has 0 saturated carbocycles. The van der Waals surface area contributed by atoms with Crippen molar-refractivity contribution in [2.24, 2.45) is 5.92 Å². The summed E-state index contributed by atoms with van der Waals surface area (Å²) in [7, 11) is 0. The van der Waals surface area contributed by atoms with Crippen molar-refractivity contribution in [3.63, 3.8) is 0 Å². The van der Waals surface area contributed by atoms with E-state index in [0.717, 1.165) is 12.8 Å². The van der Waals surface area contributed by atoms with Crippen LogP contribution in [-0.2, 0) is 4.79 Å². The van der Waals surface area contributed by atoms with E-state index in [0.29, 0.717) is 31.9 Å². The van der Waals surface area contributed by atoms with Crippen LogP contribution < -0.4 is 5.32 Å². The Bertz CT molecular complexity index is 561. The first kappa shape index (κ1) is 17.2. The van der Waals surface area contributed by atoms with E-state index in [1.54, 1.807) is 21.9 Å². The van der Waals surface area contributed by atoms with Gasteiger partial charge in [-0.1, -0.05) is 6.07 Å². The Labute approximate surface area is 136 Å². The lowest BCUT2D eigenvalue weighted by Crippen LogP contribution is -2.49. The van der Waals surface area contributed by atoms with Crippen LogP contribution in [0.25, 0.3) is 0 Å². The zero-order chi connectivity index (χ0) is 16.8. The molecule has 1 N–H and O–H groups in total. The zero-order valence-electron chi connectivity index (χ0n) is 13.7. The molecular formula is C17H24FN3O2. The maximum atomic E-state index is 13.2. The second kappa shape index (κ2) is 7.94. The molecule has 6 heteroatoms. The molecule has 1 unspecified atom stereocenters. The lowest BCUT2D eigenvalue weighted by molar-refractivity contribution is -0.121. The summed E-state index contributed by atoms with van der Waals surface area (Å²) in [6.07, 6.45) is 1.54. The van der Waals surface area contributed by atoms with E-state index >= 15 is 0 Å². The fourth-order valence-corrected chi connectivity index (χ4v) is 2.87. The lowest BCUT2D eigenvalue weighted by atomic mass is 9.97. The maximum Gasteiger partial charge on any atom is 0.320 e. The number of hydrogen-bond donors (Lipinski definition) is 1. The molecule has 3 amide bonds. The van der Waals surface area contributed by atoms with Crippen molar-refractivity contribution in [3.8, 4) is 0 Å². The van der Waals surface area contributed by atoms with Crippen molar-refractivity contribution in [2.75, 3.05) is 31.5 Å². The number of anilines is 1. The standard InChI is InChI=1S/C17H24FN3O2/c1-3-20(4-2)17(23)21-10-6-7-13(12-21)16(22)19-15-9-5-8-14(18)11-15/h5,8-9,11,13H,3-4,6-7,10,12H2,1-2H3,(H,19,22). The molecule has 0 radical (unpaired) electrons. The molecule has 1 fully saturated rings. The summed E-state index contributed by atoms with van der Waals surface area (Å²) in [4.78, 5) is 28.3. The Morgan fingerprint density at radius 2 is 2.09 bits per heavy atom. The maximum absolute atomic E-state index is 13.2. The molecule has 1 heterocycles. The number of benzene rings is 1. The van der Waals surface area contributed by atoms with Crippen molar-refractivity contribution in [1.82, 2.24) is 9.80 Å². The van der Waals surface area contributed by atoms with Gasteiger partial charge in [0.15, 0.2) is 0 Å². The largest absolute Gasteiger partial charge is 0.326 e. The van der Waals surface area contributed by atoms with E-state index in [1.807, 2.05) is 13.8 Å². The predicted octanol–water partition coefficient (Wildman–Crippen LogP) is 2.94. The first-order chi connectivity index (χ1) is 11.0. The number of urea groups is 1. The number of nitrogens with zero attached hydrogens (tertiary/aromatic N) is 2. The van der Waals surface area contributed by atoms with Crippen molar-refractivity contribution in [1.29, 1.82) is 0 Å². The second-order valence-corrected chi connectivity index (χ2v) is 5.74. The highest BCUT2D eigenvalue weighted by atomic mass is 19.1. The lowest BCUT2D eigenvalue weighted by Gasteiger charge is -2.35. The molecule has 23 heavy (non-hydrogen) atoms. The molecule has 0 spiro atoms. The Morgan fingerprint density at radius 3 is 2.74 bits per heavy atom. The third kappa shape index (κ3) is 4.43. The number of rotatable bonds is 4. The topological polar surface area (TPSA) is 52.7 Å². The highest BCUT2D eigenvalue weighted by Gasteiger charge is 2.30. The third-order valence-electron chi connectivity index (χ3n) is 4.19. The average molecular weight is 321 g/mol. The van der Waals surface area contributed by atoms with Crippen LogP contribution in [0.3, 0.4) is 0 Å². The van der Waals surface area contributed by atoms with Crippen LogP contribution >= 0.6 is 0 Å². The van der Waals surface area contributed by atoms with E-state index in [9.17, 15) is 14.0 Å². The number of halogens is 1.